The first-order chi connectivity index (χ1) is 7.75. The third kappa shape index (κ3) is 7.74. The lowest BCUT2D eigenvalue weighted by atomic mass is 9.87. The van der Waals surface area contributed by atoms with Crippen LogP contribution in [0.1, 0.15) is 46.5 Å². The van der Waals surface area contributed by atoms with E-state index >= 15 is 0 Å². The first kappa shape index (κ1) is 15.9. The molecule has 0 radical (unpaired) electrons. The van der Waals surface area contributed by atoms with Crippen molar-refractivity contribution in [3.05, 3.63) is 0 Å². The molecule has 5 heteroatoms. The Labute approximate surface area is 103 Å². The van der Waals surface area contributed by atoms with Crippen molar-refractivity contribution in [3.63, 3.8) is 0 Å². The Bertz CT molecular complexity index is 259. The molecule has 0 aromatic carbocycles. The van der Waals surface area contributed by atoms with Crippen molar-refractivity contribution in [3.8, 4) is 0 Å². The Balaban J connectivity index is 3.62. The van der Waals surface area contributed by atoms with Gasteiger partial charge in [-0.25, -0.2) is 0 Å². The molecule has 17 heavy (non-hydrogen) atoms. The number of carbonyl (C=O) groups excluding carboxylic acids is 1. The predicted molar refractivity (Wildman–Crippen MR) is 66.5 cm³/mol. The number of hydrogen-bond acceptors (Lipinski definition) is 3. The molecule has 0 bridgehead atoms. The van der Waals surface area contributed by atoms with Crippen LogP contribution in [-0.2, 0) is 9.59 Å². The monoisotopic (exact) mass is 244 g/mol. The molecule has 100 valence electrons. The lowest BCUT2D eigenvalue weighted by Gasteiger charge is -2.25. The first-order valence-corrected chi connectivity index (χ1v) is 6.00. The third-order valence-corrected chi connectivity index (χ3v) is 2.58. The summed E-state index contributed by atoms with van der Waals surface area (Å²) in [5.41, 5.74) is 5.54. The molecule has 1 amide bonds. The number of carboxylic acids is 1. The van der Waals surface area contributed by atoms with Crippen LogP contribution in [-0.4, -0.2) is 29.6 Å². The Morgan fingerprint density at radius 3 is 2.29 bits per heavy atom. The van der Waals surface area contributed by atoms with E-state index in [0.29, 0.717) is 13.0 Å². The van der Waals surface area contributed by atoms with E-state index in [9.17, 15) is 9.59 Å². The van der Waals surface area contributed by atoms with Crippen LogP contribution in [0.2, 0.25) is 0 Å². The molecule has 0 heterocycles. The van der Waals surface area contributed by atoms with Gasteiger partial charge in [-0.1, -0.05) is 27.2 Å². The number of aliphatic carboxylic acids is 1. The summed E-state index contributed by atoms with van der Waals surface area (Å²) in [7, 11) is 0. The lowest BCUT2D eigenvalue weighted by molar-refractivity contribution is -0.137. The molecule has 0 rings (SSSR count). The Morgan fingerprint density at radius 1 is 1.24 bits per heavy atom. The summed E-state index contributed by atoms with van der Waals surface area (Å²) in [5, 5.41) is 11.2. The van der Waals surface area contributed by atoms with E-state index in [2.05, 4.69) is 5.32 Å². The second-order valence-electron chi connectivity index (χ2n) is 5.34. The summed E-state index contributed by atoms with van der Waals surface area (Å²) in [6.07, 6.45) is 2.43. The SMILES string of the molecule is CC(C)(C)C(N)C(=O)NCCCCCC(=O)O. The fourth-order valence-corrected chi connectivity index (χ4v) is 1.29. The molecule has 5 nitrogen and oxygen atoms in total. The molecule has 0 aliphatic carbocycles. The maximum atomic E-state index is 11.6. The second-order valence-corrected chi connectivity index (χ2v) is 5.34. The molecule has 0 spiro atoms. The average Bonchev–Trinajstić information content (AvgIpc) is 2.19. The molecular formula is C12H24N2O3. The highest BCUT2D eigenvalue weighted by Crippen LogP contribution is 2.17. The molecule has 1 unspecified atom stereocenters. The van der Waals surface area contributed by atoms with Crippen LogP contribution in [0.5, 0.6) is 0 Å². The number of rotatable bonds is 7. The molecule has 0 aliphatic rings. The maximum Gasteiger partial charge on any atom is 0.303 e. The van der Waals surface area contributed by atoms with Crippen LogP contribution in [0.3, 0.4) is 0 Å². The van der Waals surface area contributed by atoms with E-state index < -0.39 is 12.0 Å². The van der Waals surface area contributed by atoms with Crippen molar-refractivity contribution in [2.24, 2.45) is 11.1 Å². The van der Waals surface area contributed by atoms with E-state index in [4.69, 9.17) is 10.8 Å². The van der Waals surface area contributed by atoms with Crippen LogP contribution in [0.25, 0.3) is 0 Å². The lowest BCUT2D eigenvalue weighted by Crippen LogP contribution is -2.48. The summed E-state index contributed by atoms with van der Waals surface area (Å²) in [5.74, 6) is -0.917. The summed E-state index contributed by atoms with van der Waals surface area (Å²) < 4.78 is 0. The van der Waals surface area contributed by atoms with Gasteiger partial charge < -0.3 is 16.2 Å². The normalized spacial score (nSPS) is 13.2. The van der Waals surface area contributed by atoms with Crippen LogP contribution in [0, 0.1) is 5.41 Å². The Morgan fingerprint density at radius 2 is 1.82 bits per heavy atom. The summed E-state index contributed by atoms with van der Waals surface area (Å²) in [6.45, 7) is 6.32. The fraction of sp³-hybridized carbons (Fsp3) is 0.833. The highest BCUT2D eigenvalue weighted by molar-refractivity contribution is 5.82. The third-order valence-electron chi connectivity index (χ3n) is 2.58. The highest BCUT2D eigenvalue weighted by Gasteiger charge is 2.26. The standard InChI is InChI=1S/C12H24N2O3/c1-12(2,3)10(13)11(17)14-8-6-4-5-7-9(15)16/h10H,4-8,13H2,1-3H3,(H,14,17)(H,15,16). The molecule has 4 N–H and O–H groups in total. The largest absolute Gasteiger partial charge is 0.481 e. The molecular weight excluding hydrogens is 220 g/mol. The van der Waals surface area contributed by atoms with Gasteiger partial charge >= 0.3 is 5.97 Å². The van der Waals surface area contributed by atoms with Crippen molar-refractivity contribution in [2.45, 2.75) is 52.5 Å². The fourth-order valence-electron chi connectivity index (χ4n) is 1.29. The van der Waals surface area contributed by atoms with Crippen molar-refractivity contribution in [1.29, 1.82) is 0 Å². The molecule has 0 saturated carbocycles. The minimum Gasteiger partial charge on any atom is -0.481 e. The van der Waals surface area contributed by atoms with Crippen LogP contribution < -0.4 is 11.1 Å². The van der Waals surface area contributed by atoms with E-state index in [1.807, 2.05) is 20.8 Å². The van der Waals surface area contributed by atoms with Gasteiger partial charge in [-0.15, -0.1) is 0 Å². The van der Waals surface area contributed by atoms with Crippen molar-refractivity contribution in [1.82, 2.24) is 5.32 Å². The molecule has 0 aliphatic heterocycles. The maximum absolute atomic E-state index is 11.6. The van der Waals surface area contributed by atoms with Gasteiger partial charge in [0, 0.05) is 13.0 Å². The van der Waals surface area contributed by atoms with Gasteiger partial charge in [-0.3, -0.25) is 9.59 Å². The van der Waals surface area contributed by atoms with Crippen LogP contribution in [0.15, 0.2) is 0 Å². The Kier molecular flexibility index (Phi) is 6.80. The topological polar surface area (TPSA) is 92.4 Å². The number of amides is 1. The summed E-state index contributed by atoms with van der Waals surface area (Å²) in [4.78, 5) is 21.9. The summed E-state index contributed by atoms with van der Waals surface area (Å²) in [6, 6.07) is -0.512. The second kappa shape index (κ2) is 7.27. The number of unbranched alkanes of at least 4 members (excludes halogenated alkanes) is 2. The van der Waals surface area contributed by atoms with Gasteiger partial charge in [0.1, 0.15) is 0 Å². The smallest absolute Gasteiger partial charge is 0.303 e. The molecule has 0 aromatic rings. The van der Waals surface area contributed by atoms with E-state index in [-0.39, 0.29) is 17.7 Å². The van der Waals surface area contributed by atoms with Gasteiger partial charge in [-0.05, 0) is 18.3 Å². The highest BCUT2D eigenvalue weighted by atomic mass is 16.4. The van der Waals surface area contributed by atoms with Gasteiger partial charge in [0.25, 0.3) is 0 Å². The minimum absolute atomic E-state index is 0.143. The van der Waals surface area contributed by atoms with Gasteiger partial charge in [0.05, 0.1) is 6.04 Å². The zero-order valence-corrected chi connectivity index (χ0v) is 11.0. The van der Waals surface area contributed by atoms with Gasteiger partial charge in [-0.2, -0.15) is 0 Å². The number of hydrogen-bond donors (Lipinski definition) is 3. The zero-order chi connectivity index (χ0) is 13.5. The quantitative estimate of drug-likeness (QED) is 0.585. The van der Waals surface area contributed by atoms with Crippen LogP contribution >= 0.6 is 0 Å². The van der Waals surface area contributed by atoms with Gasteiger partial charge in [0.15, 0.2) is 0 Å². The zero-order valence-electron chi connectivity index (χ0n) is 11.0. The molecule has 0 saturated heterocycles. The predicted octanol–water partition coefficient (Wildman–Crippen LogP) is 1.12. The number of carboxylic acid groups (broad SMARTS) is 1. The number of nitrogens with two attached hydrogens (primary N) is 1. The average molecular weight is 244 g/mol. The molecule has 0 fully saturated rings. The van der Waals surface area contributed by atoms with E-state index in [1.165, 1.54) is 0 Å². The minimum atomic E-state index is -0.774. The van der Waals surface area contributed by atoms with E-state index in [0.717, 1.165) is 12.8 Å². The molecule has 1 atom stereocenters. The number of carbonyl (C=O) groups is 2. The van der Waals surface area contributed by atoms with Crippen molar-refractivity contribution in [2.75, 3.05) is 6.54 Å². The van der Waals surface area contributed by atoms with Crippen LogP contribution in [0.4, 0.5) is 0 Å². The van der Waals surface area contributed by atoms with Crippen molar-refractivity contribution >= 4 is 11.9 Å². The van der Waals surface area contributed by atoms with E-state index in [1.54, 1.807) is 0 Å². The summed E-state index contributed by atoms with van der Waals surface area (Å²) >= 11 is 0. The first-order valence-electron chi connectivity index (χ1n) is 6.00. The van der Waals surface area contributed by atoms with Gasteiger partial charge in [0.2, 0.25) is 5.91 Å². The number of nitrogens with one attached hydrogen (secondary N) is 1. The van der Waals surface area contributed by atoms with Crippen molar-refractivity contribution < 1.29 is 14.7 Å². The Hall–Kier alpha value is -1.10. The molecule has 0 aromatic heterocycles.